The lowest BCUT2D eigenvalue weighted by atomic mass is 9.84. The minimum Gasteiger partial charge on any atom is -0.465 e. The lowest BCUT2D eigenvalue weighted by molar-refractivity contribution is -0.0240. The maximum atomic E-state index is 13.3. The summed E-state index contributed by atoms with van der Waals surface area (Å²) in [6.07, 6.45) is 7.22. The van der Waals surface area contributed by atoms with Crippen molar-refractivity contribution in [3.63, 3.8) is 0 Å². The smallest absolute Gasteiger partial charge is 0.407 e. The highest BCUT2D eigenvalue weighted by molar-refractivity contribution is 6.30. The monoisotopic (exact) mass is 509 g/mol. The Labute approximate surface area is 213 Å². The third kappa shape index (κ3) is 8.54. The molecule has 1 aliphatic heterocycles. The van der Waals surface area contributed by atoms with Crippen LogP contribution in [0.5, 0.6) is 0 Å². The quantitative estimate of drug-likeness (QED) is 0.422. The van der Waals surface area contributed by atoms with Gasteiger partial charge in [0.2, 0.25) is 0 Å². The minimum absolute atomic E-state index is 0.0676. The number of aliphatic hydroxyl groups excluding tert-OH is 1. The predicted molar refractivity (Wildman–Crippen MR) is 136 cm³/mol. The largest absolute Gasteiger partial charge is 0.465 e. The number of carbonyl (C=O) groups is 2. The van der Waals surface area contributed by atoms with Crippen molar-refractivity contribution in [3.05, 3.63) is 34.9 Å². The van der Waals surface area contributed by atoms with Crippen molar-refractivity contribution in [2.45, 2.75) is 63.5 Å². The molecule has 35 heavy (non-hydrogen) atoms. The van der Waals surface area contributed by atoms with Crippen molar-refractivity contribution >= 4 is 23.7 Å². The molecule has 1 aromatic carbocycles. The van der Waals surface area contributed by atoms with Crippen molar-refractivity contribution < 1.29 is 24.5 Å². The van der Waals surface area contributed by atoms with Crippen LogP contribution in [0.3, 0.4) is 0 Å². The standard InChI is InChI=1S/C26H40ClN3O5/c1-29(26(33)34)18-23(15-19-7-3-2-4-8-19)28-25(32)30-12-6-10-21(17-30)24(35-14-13-31)20-9-5-11-22(27)16-20/h5,9,11,16,19,21,23-24,31H,2-4,6-8,10,12-15,17-18H2,1H3,(H,28,32)(H,33,34)/t21-,23-,24?/m1/s1. The molecule has 3 N–H and O–H groups in total. The first kappa shape index (κ1) is 27.6. The van der Waals surface area contributed by atoms with Crippen molar-refractivity contribution in [1.29, 1.82) is 0 Å². The summed E-state index contributed by atoms with van der Waals surface area (Å²) in [5.74, 6) is 0.586. The third-order valence-electron chi connectivity index (χ3n) is 7.23. The summed E-state index contributed by atoms with van der Waals surface area (Å²) >= 11 is 6.22. The van der Waals surface area contributed by atoms with Gasteiger partial charge in [0.15, 0.2) is 0 Å². The molecule has 1 aliphatic carbocycles. The average Bonchev–Trinajstić information content (AvgIpc) is 2.85. The van der Waals surface area contributed by atoms with Gasteiger partial charge in [-0.2, -0.15) is 0 Å². The lowest BCUT2D eigenvalue weighted by Crippen LogP contribution is -2.52. The highest BCUT2D eigenvalue weighted by Crippen LogP contribution is 2.34. The first-order valence-corrected chi connectivity index (χ1v) is 13.2. The van der Waals surface area contributed by atoms with Gasteiger partial charge in [-0.1, -0.05) is 55.8 Å². The van der Waals surface area contributed by atoms with Gasteiger partial charge in [-0.25, -0.2) is 9.59 Å². The summed E-state index contributed by atoms with van der Waals surface area (Å²) in [5, 5.41) is 22.5. The Bertz CT molecular complexity index is 820. The van der Waals surface area contributed by atoms with Crippen LogP contribution in [0.4, 0.5) is 9.59 Å². The van der Waals surface area contributed by atoms with Crippen LogP contribution in [-0.4, -0.2) is 78.1 Å². The molecule has 1 heterocycles. The number of nitrogens with one attached hydrogen (secondary N) is 1. The maximum absolute atomic E-state index is 13.3. The highest BCUT2D eigenvalue weighted by Gasteiger charge is 2.32. The predicted octanol–water partition coefficient (Wildman–Crippen LogP) is 4.76. The van der Waals surface area contributed by atoms with Crippen LogP contribution in [0, 0.1) is 11.8 Å². The SMILES string of the molecule is CN(C[C@@H](CC1CCCCC1)NC(=O)N1CCC[C@@H](C(OCCO)c2cccc(Cl)c2)C1)C(=O)O. The molecule has 0 bridgehead atoms. The van der Waals surface area contributed by atoms with E-state index in [2.05, 4.69) is 5.32 Å². The van der Waals surface area contributed by atoms with Gasteiger partial charge in [-0.15, -0.1) is 0 Å². The van der Waals surface area contributed by atoms with Crippen LogP contribution in [-0.2, 0) is 4.74 Å². The number of urea groups is 1. The number of benzene rings is 1. The van der Waals surface area contributed by atoms with Crippen LogP contribution >= 0.6 is 11.6 Å². The van der Waals surface area contributed by atoms with E-state index in [1.165, 1.54) is 24.2 Å². The zero-order valence-corrected chi connectivity index (χ0v) is 21.5. The number of amides is 3. The van der Waals surface area contributed by atoms with Crippen LogP contribution < -0.4 is 5.32 Å². The van der Waals surface area contributed by atoms with Crippen LogP contribution in [0.25, 0.3) is 0 Å². The number of rotatable bonds is 10. The number of likely N-dealkylation sites (N-methyl/N-ethyl adjacent to an activating group) is 1. The van der Waals surface area contributed by atoms with E-state index in [-0.39, 0.29) is 43.9 Å². The average molecular weight is 510 g/mol. The molecule has 9 heteroatoms. The summed E-state index contributed by atoms with van der Waals surface area (Å²) in [4.78, 5) is 27.8. The first-order valence-electron chi connectivity index (χ1n) is 12.8. The number of hydrogen-bond donors (Lipinski definition) is 3. The molecular weight excluding hydrogens is 470 g/mol. The van der Waals surface area contributed by atoms with Crippen LogP contribution in [0.2, 0.25) is 5.02 Å². The van der Waals surface area contributed by atoms with Crippen molar-refractivity contribution in [2.24, 2.45) is 11.8 Å². The molecule has 0 radical (unpaired) electrons. The van der Waals surface area contributed by atoms with Crippen LogP contribution in [0.1, 0.15) is 63.0 Å². The fourth-order valence-corrected chi connectivity index (χ4v) is 5.69. The summed E-state index contributed by atoms with van der Waals surface area (Å²) in [7, 11) is 1.55. The van der Waals surface area contributed by atoms with Gasteiger partial charge in [-0.05, 0) is 42.9 Å². The van der Waals surface area contributed by atoms with E-state index in [1.807, 2.05) is 29.2 Å². The van der Waals surface area contributed by atoms with E-state index >= 15 is 0 Å². The first-order chi connectivity index (χ1) is 16.9. The molecule has 2 aliphatic rings. The van der Waals surface area contributed by atoms with E-state index in [0.717, 1.165) is 37.7 Å². The molecule has 3 atom stereocenters. The molecular formula is C26H40ClN3O5. The van der Waals surface area contributed by atoms with Crippen molar-refractivity contribution in [1.82, 2.24) is 15.1 Å². The molecule has 0 aromatic heterocycles. The molecule has 1 aromatic rings. The molecule has 8 nitrogen and oxygen atoms in total. The second kappa shape index (κ2) is 13.9. The zero-order valence-electron chi connectivity index (χ0n) is 20.7. The normalized spacial score (nSPS) is 20.8. The molecule has 1 unspecified atom stereocenters. The fourth-order valence-electron chi connectivity index (χ4n) is 5.49. The highest BCUT2D eigenvalue weighted by atomic mass is 35.5. The molecule has 3 rings (SSSR count). The molecule has 0 spiro atoms. The lowest BCUT2D eigenvalue weighted by Gasteiger charge is -2.38. The summed E-state index contributed by atoms with van der Waals surface area (Å²) in [5.41, 5.74) is 0.941. The topological polar surface area (TPSA) is 102 Å². The molecule has 2 fully saturated rings. The second-order valence-electron chi connectivity index (χ2n) is 9.97. The zero-order chi connectivity index (χ0) is 25.2. The van der Waals surface area contributed by atoms with E-state index in [9.17, 15) is 19.8 Å². The minimum atomic E-state index is -0.990. The van der Waals surface area contributed by atoms with E-state index in [1.54, 1.807) is 7.05 Å². The number of halogens is 1. The van der Waals surface area contributed by atoms with Gasteiger partial charge in [0.05, 0.1) is 19.3 Å². The van der Waals surface area contributed by atoms with Crippen molar-refractivity contribution in [2.75, 3.05) is 39.9 Å². The van der Waals surface area contributed by atoms with E-state index < -0.39 is 6.09 Å². The fraction of sp³-hybridized carbons (Fsp3) is 0.692. The second-order valence-corrected chi connectivity index (χ2v) is 10.4. The third-order valence-corrected chi connectivity index (χ3v) is 7.47. The Morgan fingerprint density at radius 1 is 1.23 bits per heavy atom. The number of carboxylic acid groups (broad SMARTS) is 1. The van der Waals surface area contributed by atoms with Gasteiger partial charge in [0, 0.05) is 43.7 Å². The summed E-state index contributed by atoms with van der Waals surface area (Å²) < 4.78 is 6.02. The number of piperidine rings is 1. The molecule has 1 saturated carbocycles. The van der Waals surface area contributed by atoms with E-state index in [0.29, 0.717) is 24.0 Å². The molecule has 1 saturated heterocycles. The van der Waals surface area contributed by atoms with Crippen LogP contribution in [0.15, 0.2) is 24.3 Å². The summed E-state index contributed by atoms with van der Waals surface area (Å²) in [6, 6.07) is 7.17. The Hall–Kier alpha value is -2.03. The number of likely N-dealkylation sites (tertiary alicyclic amines) is 1. The van der Waals surface area contributed by atoms with Gasteiger partial charge in [0.25, 0.3) is 0 Å². The number of nitrogens with zero attached hydrogens (tertiary/aromatic N) is 2. The number of carbonyl (C=O) groups excluding carboxylic acids is 1. The number of aliphatic hydroxyl groups is 1. The Morgan fingerprint density at radius 2 is 2.00 bits per heavy atom. The van der Waals surface area contributed by atoms with E-state index in [4.69, 9.17) is 16.3 Å². The Morgan fingerprint density at radius 3 is 2.69 bits per heavy atom. The van der Waals surface area contributed by atoms with Gasteiger partial charge in [-0.3, -0.25) is 0 Å². The Balaban J connectivity index is 1.67. The number of ether oxygens (including phenoxy) is 1. The van der Waals surface area contributed by atoms with Gasteiger partial charge < -0.3 is 30.1 Å². The molecule has 3 amide bonds. The molecule has 196 valence electrons. The van der Waals surface area contributed by atoms with Crippen molar-refractivity contribution in [3.8, 4) is 0 Å². The van der Waals surface area contributed by atoms with Gasteiger partial charge >= 0.3 is 12.1 Å². The Kier molecular flexibility index (Phi) is 10.9. The maximum Gasteiger partial charge on any atom is 0.407 e. The summed E-state index contributed by atoms with van der Waals surface area (Å²) in [6.45, 7) is 1.59. The number of hydrogen-bond acceptors (Lipinski definition) is 4. The van der Waals surface area contributed by atoms with Gasteiger partial charge in [0.1, 0.15) is 0 Å².